The van der Waals surface area contributed by atoms with Crippen LogP contribution >= 0.6 is 11.3 Å². The molecule has 25 heavy (non-hydrogen) atoms. The predicted octanol–water partition coefficient (Wildman–Crippen LogP) is 3.60. The van der Waals surface area contributed by atoms with Crippen LogP contribution in [0.15, 0.2) is 58.7 Å². The molecule has 0 bridgehead atoms. The van der Waals surface area contributed by atoms with Gasteiger partial charge in [0, 0.05) is 47.3 Å². The molecule has 1 aliphatic heterocycles. The number of anilines is 2. The molecule has 0 radical (unpaired) electrons. The van der Waals surface area contributed by atoms with Gasteiger partial charge in [-0.3, -0.25) is 4.79 Å². The van der Waals surface area contributed by atoms with E-state index in [-0.39, 0.29) is 5.43 Å². The van der Waals surface area contributed by atoms with Crippen LogP contribution in [-0.2, 0) is 0 Å². The van der Waals surface area contributed by atoms with Gasteiger partial charge in [-0.25, -0.2) is 0 Å². The number of piperazine rings is 1. The molecule has 1 saturated heterocycles. The first-order valence-electron chi connectivity index (χ1n) is 8.41. The summed E-state index contributed by atoms with van der Waals surface area (Å²) in [5.41, 5.74) is 2.18. The minimum absolute atomic E-state index is 0.146. The van der Waals surface area contributed by atoms with Crippen molar-refractivity contribution in [2.24, 2.45) is 0 Å². The quantitative estimate of drug-likeness (QED) is 0.721. The second-order valence-corrected chi connectivity index (χ2v) is 7.03. The van der Waals surface area contributed by atoms with Gasteiger partial charge in [0.2, 0.25) is 5.43 Å². The van der Waals surface area contributed by atoms with Gasteiger partial charge in [-0.15, -0.1) is 11.3 Å². The van der Waals surface area contributed by atoms with Gasteiger partial charge in [0.1, 0.15) is 5.75 Å². The number of hydrogen-bond donors (Lipinski definition) is 0. The SMILES string of the molecule is COc1ccc(N2CCN(c3csc4ccccc4c3=O)CC2)cc1. The molecule has 0 atom stereocenters. The standard InChI is InChI=1S/C20H20N2O2S/c1-24-16-8-6-15(7-9-16)21-10-12-22(13-11-21)18-14-25-19-5-3-2-4-17(19)20(18)23/h2-9,14H,10-13H2,1H3. The first-order valence-corrected chi connectivity index (χ1v) is 9.29. The van der Waals surface area contributed by atoms with Crippen molar-refractivity contribution >= 4 is 32.8 Å². The first-order chi connectivity index (χ1) is 12.3. The van der Waals surface area contributed by atoms with Gasteiger partial charge in [0.15, 0.2) is 0 Å². The Hall–Kier alpha value is -2.53. The molecule has 1 aliphatic rings. The highest BCUT2D eigenvalue weighted by atomic mass is 32.1. The normalized spacial score (nSPS) is 14.8. The van der Waals surface area contributed by atoms with Crippen molar-refractivity contribution in [1.29, 1.82) is 0 Å². The smallest absolute Gasteiger partial charge is 0.211 e. The summed E-state index contributed by atoms with van der Waals surface area (Å²) in [5, 5.41) is 2.83. The lowest BCUT2D eigenvalue weighted by Crippen LogP contribution is -2.47. The van der Waals surface area contributed by atoms with E-state index in [0.29, 0.717) is 0 Å². The summed E-state index contributed by atoms with van der Waals surface area (Å²) in [6, 6.07) is 16.0. The van der Waals surface area contributed by atoms with Crippen LogP contribution in [0.5, 0.6) is 5.75 Å². The Labute approximate surface area is 150 Å². The average molecular weight is 352 g/mol. The van der Waals surface area contributed by atoms with Crippen LogP contribution in [0.1, 0.15) is 0 Å². The van der Waals surface area contributed by atoms with E-state index in [9.17, 15) is 4.79 Å². The van der Waals surface area contributed by atoms with Crippen LogP contribution in [0, 0.1) is 0 Å². The molecule has 3 aromatic rings. The first kappa shape index (κ1) is 16.0. The lowest BCUT2D eigenvalue weighted by Gasteiger charge is -2.37. The molecule has 0 amide bonds. The van der Waals surface area contributed by atoms with Gasteiger partial charge in [-0.1, -0.05) is 12.1 Å². The fourth-order valence-corrected chi connectivity index (χ4v) is 4.22. The molecule has 1 aromatic heterocycles. The van der Waals surface area contributed by atoms with Gasteiger partial charge in [0.25, 0.3) is 0 Å². The van der Waals surface area contributed by atoms with Crippen LogP contribution in [0.4, 0.5) is 11.4 Å². The fourth-order valence-electron chi connectivity index (χ4n) is 3.28. The number of hydrogen-bond acceptors (Lipinski definition) is 5. The molecule has 2 aromatic carbocycles. The van der Waals surface area contributed by atoms with E-state index in [4.69, 9.17) is 4.74 Å². The Balaban J connectivity index is 1.52. The van der Waals surface area contributed by atoms with Crippen molar-refractivity contribution in [3.05, 3.63) is 64.1 Å². The number of nitrogens with zero attached hydrogens (tertiary/aromatic N) is 2. The van der Waals surface area contributed by atoms with Crippen molar-refractivity contribution in [3.63, 3.8) is 0 Å². The maximum atomic E-state index is 12.8. The third-order valence-electron chi connectivity index (χ3n) is 4.72. The lowest BCUT2D eigenvalue weighted by molar-refractivity contribution is 0.415. The Morgan fingerprint density at radius 3 is 2.32 bits per heavy atom. The molecule has 0 unspecified atom stereocenters. The monoisotopic (exact) mass is 352 g/mol. The Morgan fingerprint density at radius 1 is 0.920 bits per heavy atom. The number of methoxy groups -OCH3 is 1. The van der Waals surface area contributed by atoms with Gasteiger partial charge in [-0.05, 0) is 36.4 Å². The van der Waals surface area contributed by atoms with E-state index in [1.54, 1.807) is 18.4 Å². The summed E-state index contributed by atoms with van der Waals surface area (Å²) in [6.45, 7) is 3.52. The molecule has 1 fully saturated rings. The summed E-state index contributed by atoms with van der Waals surface area (Å²) < 4.78 is 6.27. The molecular weight excluding hydrogens is 332 g/mol. The second kappa shape index (κ2) is 6.76. The number of rotatable bonds is 3. The topological polar surface area (TPSA) is 32.8 Å². The van der Waals surface area contributed by atoms with E-state index in [2.05, 4.69) is 21.9 Å². The molecule has 4 rings (SSSR count). The number of fused-ring (bicyclic) bond motifs is 1. The van der Waals surface area contributed by atoms with Gasteiger partial charge in [0.05, 0.1) is 12.8 Å². The Kier molecular flexibility index (Phi) is 4.32. The van der Waals surface area contributed by atoms with Crippen LogP contribution < -0.4 is 20.0 Å². The fraction of sp³-hybridized carbons (Fsp3) is 0.250. The molecule has 5 heteroatoms. The van der Waals surface area contributed by atoms with Gasteiger partial charge in [-0.2, -0.15) is 0 Å². The van der Waals surface area contributed by atoms with Crippen LogP contribution in [0.25, 0.3) is 10.1 Å². The maximum Gasteiger partial charge on any atom is 0.211 e. The molecular formula is C20H20N2O2S. The van der Waals surface area contributed by atoms with E-state index < -0.39 is 0 Å². The van der Waals surface area contributed by atoms with Crippen LogP contribution in [0.2, 0.25) is 0 Å². The maximum absolute atomic E-state index is 12.8. The summed E-state index contributed by atoms with van der Waals surface area (Å²) >= 11 is 1.64. The molecule has 0 saturated carbocycles. The molecule has 0 spiro atoms. The summed E-state index contributed by atoms with van der Waals surface area (Å²) in [5.74, 6) is 0.871. The van der Waals surface area contributed by atoms with Crippen molar-refractivity contribution < 1.29 is 4.74 Å². The third kappa shape index (κ3) is 3.07. The molecule has 0 aliphatic carbocycles. The largest absolute Gasteiger partial charge is 0.497 e. The molecule has 0 N–H and O–H groups in total. The minimum Gasteiger partial charge on any atom is -0.497 e. The number of ether oxygens (including phenoxy) is 1. The molecule has 4 nitrogen and oxygen atoms in total. The third-order valence-corrected chi connectivity index (χ3v) is 5.67. The van der Waals surface area contributed by atoms with Crippen molar-refractivity contribution in [2.75, 3.05) is 43.1 Å². The van der Waals surface area contributed by atoms with E-state index >= 15 is 0 Å². The molecule has 2 heterocycles. The Bertz CT molecular complexity index is 928. The van der Waals surface area contributed by atoms with Crippen LogP contribution in [0.3, 0.4) is 0 Å². The zero-order chi connectivity index (χ0) is 17.2. The van der Waals surface area contributed by atoms with Crippen molar-refractivity contribution in [1.82, 2.24) is 0 Å². The van der Waals surface area contributed by atoms with Crippen molar-refractivity contribution in [3.8, 4) is 5.75 Å². The zero-order valence-corrected chi connectivity index (χ0v) is 15.0. The van der Waals surface area contributed by atoms with E-state index in [1.165, 1.54) is 5.69 Å². The summed E-state index contributed by atoms with van der Waals surface area (Å²) in [4.78, 5) is 17.4. The summed E-state index contributed by atoms with van der Waals surface area (Å²) in [7, 11) is 1.68. The van der Waals surface area contributed by atoms with E-state index in [1.807, 2.05) is 41.8 Å². The summed E-state index contributed by atoms with van der Waals surface area (Å²) in [6.07, 6.45) is 0. The highest BCUT2D eigenvalue weighted by Gasteiger charge is 2.20. The minimum atomic E-state index is 0.146. The number of benzene rings is 2. The van der Waals surface area contributed by atoms with E-state index in [0.717, 1.165) is 47.7 Å². The highest BCUT2D eigenvalue weighted by molar-refractivity contribution is 7.16. The predicted molar refractivity (Wildman–Crippen MR) is 106 cm³/mol. The van der Waals surface area contributed by atoms with Gasteiger partial charge >= 0.3 is 0 Å². The van der Waals surface area contributed by atoms with Crippen LogP contribution in [-0.4, -0.2) is 33.3 Å². The lowest BCUT2D eigenvalue weighted by atomic mass is 10.2. The second-order valence-electron chi connectivity index (χ2n) is 6.12. The van der Waals surface area contributed by atoms with Crippen molar-refractivity contribution in [2.45, 2.75) is 0 Å². The average Bonchev–Trinajstić information content (AvgIpc) is 2.69. The zero-order valence-electron chi connectivity index (χ0n) is 14.1. The Morgan fingerprint density at radius 2 is 1.60 bits per heavy atom. The van der Waals surface area contributed by atoms with Gasteiger partial charge < -0.3 is 14.5 Å². The molecule has 128 valence electrons. The highest BCUT2D eigenvalue weighted by Crippen LogP contribution is 2.24.